The molecule has 2 atom stereocenters. The van der Waals surface area contributed by atoms with Gasteiger partial charge in [-0.05, 0) is 11.5 Å². The second-order valence-electron chi connectivity index (χ2n) is 8.05. The highest BCUT2D eigenvalue weighted by Gasteiger charge is 2.51. The molecule has 2 heterocycles. The Hall–Kier alpha value is -2.65. The number of hydrogen-bond donors (Lipinski definition) is 1. The van der Waals surface area contributed by atoms with Crippen molar-refractivity contribution in [1.82, 2.24) is 25.1 Å². The maximum absolute atomic E-state index is 13.1. The minimum atomic E-state index is -0.605. The van der Waals surface area contributed by atoms with E-state index in [2.05, 4.69) is 5.32 Å². The van der Waals surface area contributed by atoms with Crippen LogP contribution in [0.1, 0.15) is 19.4 Å². The first kappa shape index (κ1) is 22.0. The van der Waals surface area contributed by atoms with Crippen molar-refractivity contribution in [1.29, 1.82) is 0 Å². The molecule has 2 aliphatic heterocycles. The van der Waals surface area contributed by atoms with Crippen LogP contribution in [-0.4, -0.2) is 90.3 Å². The van der Waals surface area contributed by atoms with E-state index in [1.54, 1.807) is 34.0 Å². The van der Waals surface area contributed by atoms with Gasteiger partial charge in [-0.3, -0.25) is 9.59 Å². The lowest BCUT2D eigenvalue weighted by molar-refractivity contribution is -0.190. The lowest BCUT2D eigenvalue weighted by Gasteiger charge is -2.55. The molecule has 30 heavy (non-hydrogen) atoms. The highest BCUT2D eigenvalue weighted by Crippen LogP contribution is 2.29. The van der Waals surface area contributed by atoms with Gasteiger partial charge in [-0.25, -0.2) is 14.8 Å². The standard InChI is InChI=1S/C21H31N5O4/c1-15(2)19-20(28)24(10-11-30-4)13-17-25(19)18(27)14-23(3)26(17)21(29)22-12-16-8-6-5-7-9-16/h5-9,15,17,19H,10-14H2,1-4H3,(H,22,29)/t17-,19-/m0/s1. The van der Waals surface area contributed by atoms with Gasteiger partial charge in [-0.2, -0.15) is 0 Å². The summed E-state index contributed by atoms with van der Waals surface area (Å²) in [6.45, 7) is 5.33. The minimum absolute atomic E-state index is 0.0455. The van der Waals surface area contributed by atoms with Gasteiger partial charge in [0.1, 0.15) is 12.2 Å². The van der Waals surface area contributed by atoms with E-state index < -0.39 is 12.2 Å². The zero-order valence-electron chi connectivity index (χ0n) is 18.1. The monoisotopic (exact) mass is 417 g/mol. The Morgan fingerprint density at radius 2 is 1.93 bits per heavy atom. The number of methoxy groups -OCH3 is 1. The van der Waals surface area contributed by atoms with Gasteiger partial charge in [0.05, 0.1) is 19.7 Å². The van der Waals surface area contributed by atoms with Crippen molar-refractivity contribution in [2.24, 2.45) is 5.92 Å². The molecule has 0 unspecified atom stereocenters. The third-order valence-corrected chi connectivity index (χ3v) is 5.56. The molecule has 2 aliphatic rings. The Morgan fingerprint density at radius 3 is 2.57 bits per heavy atom. The first-order valence-corrected chi connectivity index (χ1v) is 10.3. The summed E-state index contributed by atoms with van der Waals surface area (Å²) in [5.74, 6) is -0.319. The van der Waals surface area contributed by atoms with Crippen molar-refractivity contribution in [3.05, 3.63) is 35.9 Å². The normalized spacial score (nSPS) is 22.5. The van der Waals surface area contributed by atoms with Crippen LogP contribution < -0.4 is 5.32 Å². The van der Waals surface area contributed by atoms with Gasteiger partial charge >= 0.3 is 6.03 Å². The summed E-state index contributed by atoms with van der Waals surface area (Å²) in [5.41, 5.74) is 0.985. The topological polar surface area (TPSA) is 85.4 Å². The van der Waals surface area contributed by atoms with E-state index in [-0.39, 0.29) is 36.9 Å². The molecule has 4 amide bonds. The molecule has 9 heteroatoms. The molecule has 9 nitrogen and oxygen atoms in total. The summed E-state index contributed by atoms with van der Waals surface area (Å²) in [4.78, 5) is 42.4. The maximum atomic E-state index is 13.1. The Morgan fingerprint density at radius 1 is 1.23 bits per heavy atom. The number of nitrogens with zero attached hydrogens (tertiary/aromatic N) is 4. The molecule has 164 valence electrons. The number of carbonyl (C=O) groups excluding carboxylic acids is 3. The van der Waals surface area contributed by atoms with E-state index in [0.717, 1.165) is 5.56 Å². The highest BCUT2D eigenvalue weighted by atomic mass is 16.5. The predicted molar refractivity (Wildman–Crippen MR) is 111 cm³/mol. The van der Waals surface area contributed by atoms with Gasteiger partial charge in [-0.15, -0.1) is 0 Å². The molecule has 1 aromatic carbocycles. The minimum Gasteiger partial charge on any atom is -0.383 e. The summed E-state index contributed by atoms with van der Waals surface area (Å²) in [5, 5.41) is 6.13. The second kappa shape index (κ2) is 9.44. The molecule has 1 aromatic rings. The van der Waals surface area contributed by atoms with E-state index in [1.807, 2.05) is 44.2 Å². The maximum Gasteiger partial charge on any atom is 0.334 e. The molecule has 0 saturated carbocycles. The Balaban J connectivity index is 1.84. The molecule has 0 bridgehead atoms. The first-order chi connectivity index (χ1) is 14.3. The summed E-state index contributed by atoms with van der Waals surface area (Å²) < 4.78 is 5.15. The zero-order chi connectivity index (χ0) is 21.8. The average Bonchev–Trinajstić information content (AvgIpc) is 2.71. The smallest absolute Gasteiger partial charge is 0.334 e. The van der Waals surface area contributed by atoms with Gasteiger partial charge in [0, 0.05) is 27.2 Å². The van der Waals surface area contributed by atoms with Crippen molar-refractivity contribution >= 4 is 17.8 Å². The molecule has 1 N–H and O–H groups in total. The number of fused-ring (bicyclic) bond motifs is 1. The van der Waals surface area contributed by atoms with Crippen molar-refractivity contribution in [2.45, 2.75) is 32.6 Å². The number of likely N-dealkylation sites (N-methyl/N-ethyl adjacent to an activating group) is 1. The van der Waals surface area contributed by atoms with Crippen LogP contribution in [0.4, 0.5) is 4.79 Å². The van der Waals surface area contributed by atoms with Gasteiger partial charge in [-0.1, -0.05) is 44.2 Å². The number of hydrogen-bond acceptors (Lipinski definition) is 5. The fourth-order valence-electron chi connectivity index (χ4n) is 4.12. The Labute approximate surface area is 177 Å². The predicted octanol–water partition coefficient (Wildman–Crippen LogP) is 0.727. The summed E-state index contributed by atoms with van der Waals surface area (Å²) >= 11 is 0. The quantitative estimate of drug-likeness (QED) is 0.738. The van der Waals surface area contributed by atoms with E-state index >= 15 is 0 Å². The molecule has 3 rings (SSSR count). The number of benzene rings is 1. The van der Waals surface area contributed by atoms with Crippen LogP contribution >= 0.6 is 0 Å². The van der Waals surface area contributed by atoms with Gasteiger partial charge in [0.15, 0.2) is 0 Å². The summed E-state index contributed by atoms with van der Waals surface area (Å²) in [7, 11) is 3.31. The fourth-order valence-corrected chi connectivity index (χ4v) is 4.12. The molecule has 2 fully saturated rings. The van der Waals surface area contributed by atoms with E-state index in [1.165, 1.54) is 0 Å². The number of urea groups is 1. The van der Waals surface area contributed by atoms with E-state index in [9.17, 15) is 14.4 Å². The number of carbonyl (C=O) groups is 3. The van der Waals surface area contributed by atoms with Crippen LogP contribution in [0, 0.1) is 5.92 Å². The Kier molecular flexibility index (Phi) is 6.94. The molecule has 0 aliphatic carbocycles. The lowest BCUT2D eigenvalue weighted by atomic mass is 9.96. The summed E-state index contributed by atoms with van der Waals surface area (Å²) in [6.07, 6.45) is -0.561. The third-order valence-electron chi connectivity index (χ3n) is 5.56. The third kappa shape index (κ3) is 4.41. The van der Waals surface area contributed by atoms with Crippen LogP contribution in [-0.2, 0) is 20.9 Å². The van der Waals surface area contributed by atoms with Crippen molar-refractivity contribution < 1.29 is 19.1 Å². The van der Waals surface area contributed by atoms with Crippen LogP contribution in [0.15, 0.2) is 30.3 Å². The van der Waals surface area contributed by atoms with Gasteiger partial charge < -0.3 is 19.9 Å². The molecule has 0 aromatic heterocycles. The number of piperazine rings is 1. The molecule has 0 spiro atoms. The van der Waals surface area contributed by atoms with Crippen LogP contribution in [0.25, 0.3) is 0 Å². The number of rotatable bonds is 6. The number of nitrogens with one attached hydrogen (secondary N) is 1. The van der Waals surface area contributed by atoms with E-state index in [0.29, 0.717) is 19.7 Å². The summed E-state index contributed by atoms with van der Waals surface area (Å²) in [6, 6.07) is 8.74. The van der Waals surface area contributed by atoms with Crippen molar-refractivity contribution in [3.63, 3.8) is 0 Å². The molecular weight excluding hydrogens is 386 g/mol. The molecule has 0 radical (unpaired) electrons. The SMILES string of the molecule is COCCN1C[C@H]2N(C(=O)CN(C)N2C(=O)NCc2ccccc2)[C@@H](C(C)C)C1=O. The second-order valence-corrected chi connectivity index (χ2v) is 8.05. The van der Waals surface area contributed by atoms with Crippen LogP contribution in [0.2, 0.25) is 0 Å². The Bertz CT molecular complexity index is 772. The first-order valence-electron chi connectivity index (χ1n) is 10.3. The molecular formula is C21H31N5O4. The van der Waals surface area contributed by atoms with Gasteiger partial charge in [0.2, 0.25) is 11.8 Å². The van der Waals surface area contributed by atoms with Gasteiger partial charge in [0.25, 0.3) is 0 Å². The fraction of sp³-hybridized carbons (Fsp3) is 0.571. The zero-order valence-corrected chi connectivity index (χ0v) is 18.1. The lowest BCUT2D eigenvalue weighted by Crippen LogP contribution is -2.76. The van der Waals surface area contributed by atoms with Crippen LogP contribution in [0.3, 0.4) is 0 Å². The van der Waals surface area contributed by atoms with Crippen molar-refractivity contribution in [3.8, 4) is 0 Å². The number of amides is 4. The largest absolute Gasteiger partial charge is 0.383 e. The van der Waals surface area contributed by atoms with Crippen molar-refractivity contribution in [2.75, 3.05) is 40.4 Å². The number of hydrazine groups is 1. The average molecular weight is 418 g/mol. The number of ether oxygens (including phenoxy) is 1. The molecule has 2 saturated heterocycles. The highest BCUT2D eigenvalue weighted by molar-refractivity contribution is 5.91. The van der Waals surface area contributed by atoms with E-state index in [4.69, 9.17) is 4.74 Å². The van der Waals surface area contributed by atoms with Crippen LogP contribution in [0.5, 0.6) is 0 Å².